The number of fused-ring (bicyclic) bond motifs is 1. The molecule has 9 heteroatoms. The highest BCUT2D eigenvalue weighted by Gasteiger charge is 2.48. The smallest absolute Gasteiger partial charge is 0.254 e. The molecule has 4 N–H and O–H groups in total. The number of anilines is 1. The third-order valence-electron chi connectivity index (χ3n) is 6.67. The van der Waals surface area contributed by atoms with E-state index in [1.165, 1.54) is 17.7 Å². The van der Waals surface area contributed by atoms with E-state index in [0.29, 0.717) is 23.0 Å². The standard InChI is InChI=1S/C22H30N6O2S/c1-2-24-18-19(28(18)11-23)26-14-7-8-16-15(9-14)17(21(30)25-10-12-3-4-12)22(31-16)27-20(29)13-5-6-13/h12-14,18-19,24,26H,2-10H2,1H3,(H,25,30)(H,27,29). The van der Waals surface area contributed by atoms with Crippen LogP contribution in [-0.4, -0.2) is 48.2 Å². The molecular weight excluding hydrogens is 412 g/mol. The maximum Gasteiger partial charge on any atom is 0.254 e. The number of carbonyl (C=O) groups is 2. The van der Waals surface area contributed by atoms with Gasteiger partial charge >= 0.3 is 0 Å². The van der Waals surface area contributed by atoms with E-state index in [0.717, 1.165) is 44.2 Å². The van der Waals surface area contributed by atoms with Gasteiger partial charge in [-0.25, -0.2) is 0 Å². The van der Waals surface area contributed by atoms with E-state index in [4.69, 9.17) is 0 Å². The molecule has 166 valence electrons. The van der Waals surface area contributed by atoms with Crippen molar-refractivity contribution >= 4 is 28.2 Å². The van der Waals surface area contributed by atoms with Crippen LogP contribution < -0.4 is 21.3 Å². The summed E-state index contributed by atoms with van der Waals surface area (Å²) in [5.74, 6) is 0.685. The number of hydrogen-bond donors (Lipinski definition) is 4. The third-order valence-corrected chi connectivity index (χ3v) is 7.87. The quantitative estimate of drug-likeness (QED) is 0.343. The van der Waals surface area contributed by atoms with Crippen molar-refractivity contribution in [3.63, 3.8) is 0 Å². The largest absolute Gasteiger partial charge is 0.352 e. The summed E-state index contributed by atoms with van der Waals surface area (Å²) in [6.07, 6.45) is 9.13. The molecule has 0 aromatic carbocycles. The van der Waals surface area contributed by atoms with Crippen molar-refractivity contribution < 1.29 is 9.59 Å². The van der Waals surface area contributed by atoms with Gasteiger partial charge in [-0.1, -0.05) is 6.92 Å². The van der Waals surface area contributed by atoms with Crippen LogP contribution in [-0.2, 0) is 17.6 Å². The molecule has 4 aliphatic rings. The van der Waals surface area contributed by atoms with Gasteiger partial charge in [-0.3, -0.25) is 25.1 Å². The molecule has 1 aliphatic heterocycles. The number of rotatable bonds is 9. The van der Waals surface area contributed by atoms with Crippen molar-refractivity contribution in [1.82, 2.24) is 20.9 Å². The van der Waals surface area contributed by atoms with Crippen LogP contribution in [0.4, 0.5) is 5.00 Å². The Kier molecular flexibility index (Phi) is 5.63. The van der Waals surface area contributed by atoms with Gasteiger partial charge in [-0.15, -0.1) is 11.3 Å². The molecule has 3 atom stereocenters. The fourth-order valence-corrected chi connectivity index (χ4v) is 5.69. The Morgan fingerprint density at radius 2 is 2.00 bits per heavy atom. The number of carbonyl (C=O) groups excluding carboxylic acids is 2. The summed E-state index contributed by atoms with van der Waals surface area (Å²) >= 11 is 1.57. The van der Waals surface area contributed by atoms with E-state index in [9.17, 15) is 14.9 Å². The van der Waals surface area contributed by atoms with Crippen molar-refractivity contribution in [2.24, 2.45) is 11.8 Å². The van der Waals surface area contributed by atoms with Crippen LogP contribution in [0.25, 0.3) is 0 Å². The number of nitrogens with zero attached hydrogens (tertiary/aromatic N) is 2. The zero-order valence-electron chi connectivity index (χ0n) is 17.9. The Balaban J connectivity index is 1.32. The van der Waals surface area contributed by atoms with Gasteiger partial charge < -0.3 is 10.6 Å². The Bertz CT molecular complexity index is 916. The number of nitriles is 1. The van der Waals surface area contributed by atoms with E-state index in [-0.39, 0.29) is 36.1 Å². The van der Waals surface area contributed by atoms with Crippen LogP contribution in [0, 0.1) is 23.3 Å². The van der Waals surface area contributed by atoms with Crippen molar-refractivity contribution in [1.29, 1.82) is 5.26 Å². The molecule has 1 aromatic rings. The Morgan fingerprint density at radius 3 is 2.68 bits per heavy atom. The summed E-state index contributed by atoms with van der Waals surface area (Å²) in [5, 5.41) is 23.1. The van der Waals surface area contributed by atoms with Crippen molar-refractivity contribution in [3.8, 4) is 6.19 Å². The highest BCUT2D eigenvalue weighted by molar-refractivity contribution is 7.17. The summed E-state index contributed by atoms with van der Waals surface area (Å²) < 4.78 is 0. The van der Waals surface area contributed by atoms with Crippen LogP contribution in [0.15, 0.2) is 0 Å². The lowest BCUT2D eigenvalue weighted by Gasteiger charge is -2.24. The van der Waals surface area contributed by atoms with E-state index >= 15 is 0 Å². The van der Waals surface area contributed by atoms with Crippen molar-refractivity contribution in [2.45, 2.75) is 70.2 Å². The first-order valence-corrected chi connectivity index (χ1v) is 12.3. The number of aryl methyl sites for hydroxylation is 1. The first kappa shape index (κ1) is 20.7. The zero-order valence-corrected chi connectivity index (χ0v) is 18.7. The van der Waals surface area contributed by atoms with E-state index < -0.39 is 0 Å². The van der Waals surface area contributed by atoms with Gasteiger partial charge in [0.2, 0.25) is 5.91 Å². The lowest BCUT2D eigenvalue weighted by Crippen LogP contribution is -2.39. The summed E-state index contributed by atoms with van der Waals surface area (Å²) in [7, 11) is 0. The highest BCUT2D eigenvalue weighted by atomic mass is 32.1. The van der Waals surface area contributed by atoms with Gasteiger partial charge in [0.15, 0.2) is 6.19 Å². The number of thiophene rings is 1. The van der Waals surface area contributed by atoms with Crippen molar-refractivity contribution in [2.75, 3.05) is 18.4 Å². The number of nitrogens with one attached hydrogen (secondary N) is 4. The van der Waals surface area contributed by atoms with E-state index in [2.05, 4.69) is 27.5 Å². The van der Waals surface area contributed by atoms with Crippen LogP contribution >= 0.6 is 11.3 Å². The van der Waals surface area contributed by atoms with Gasteiger partial charge in [0, 0.05) is 23.4 Å². The first-order valence-electron chi connectivity index (χ1n) is 11.5. The van der Waals surface area contributed by atoms with Crippen molar-refractivity contribution in [3.05, 3.63) is 16.0 Å². The van der Waals surface area contributed by atoms with Crippen LogP contribution in [0.5, 0.6) is 0 Å². The minimum atomic E-state index is -0.0632. The van der Waals surface area contributed by atoms with Gasteiger partial charge in [0.1, 0.15) is 17.3 Å². The molecule has 31 heavy (non-hydrogen) atoms. The molecule has 2 amide bonds. The number of amides is 2. The topological polar surface area (TPSA) is 109 Å². The fourth-order valence-electron chi connectivity index (χ4n) is 4.45. The average molecular weight is 443 g/mol. The van der Waals surface area contributed by atoms with Crippen LogP contribution in [0.3, 0.4) is 0 Å². The predicted molar refractivity (Wildman–Crippen MR) is 118 cm³/mol. The predicted octanol–water partition coefficient (Wildman–Crippen LogP) is 1.74. The monoisotopic (exact) mass is 442 g/mol. The van der Waals surface area contributed by atoms with Gasteiger partial charge in [0.25, 0.3) is 5.91 Å². The first-order chi connectivity index (χ1) is 15.1. The summed E-state index contributed by atoms with van der Waals surface area (Å²) in [6, 6.07) is 0.202. The Labute approximate surface area is 186 Å². The zero-order chi connectivity index (χ0) is 21.5. The second kappa shape index (κ2) is 8.41. The lowest BCUT2D eigenvalue weighted by molar-refractivity contribution is -0.117. The fraction of sp³-hybridized carbons (Fsp3) is 0.682. The Morgan fingerprint density at radius 1 is 1.19 bits per heavy atom. The molecule has 2 heterocycles. The number of likely N-dealkylation sites (N-methyl/N-ethyl adjacent to an activating group) is 1. The summed E-state index contributed by atoms with van der Waals surface area (Å²) in [5.41, 5.74) is 1.73. The second-order valence-electron chi connectivity index (χ2n) is 9.19. The van der Waals surface area contributed by atoms with Crippen LogP contribution in [0.1, 0.15) is 59.8 Å². The average Bonchev–Trinajstić information content (AvgIpc) is 3.64. The molecule has 0 radical (unpaired) electrons. The molecule has 5 rings (SSSR count). The lowest BCUT2D eigenvalue weighted by atomic mass is 9.91. The van der Waals surface area contributed by atoms with Gasteiger partial charge in [0.05, 0.1) is 5.56 Å². The summed E-state index contributed by atoms with van der Waals surface area (Å²) in [6.45, 7) is 3.56. The second-order valence-corrected chi connectivity index (χ2v) is 10.3. The SMILES string of the molecule is CCNC1C(NC2CCc3sc(NC(=O)C4CC4)c(C(=O)NCC4CC4)c3C2)N1C#N. The molecule has 3 aliphatic carbocycles. The molecule has 3 fully saturated rings. The molecule has 8 nitrogen and oxygen atoms in total. The molecule has 1 saturated heterocycles. The Hall–Kier alpha value is -2.15. The van der Waals surface area contributed by atoms with Crippen LogP contribution in [0.2, 0.25) is 0 Å². The van der Waals surface area contributed by atoms with E-state index in [1.807, 2.05) is 6.92 Å². The number of hydrogen-bond acceptors (Lipinski definition) is 7. The molecule has 3 unspecified atom stereocenters. The normalized spacial score (nSPS) is 26.7. The molecular formula is C22H30N6O2S. The minimum Gasteiger partial charge on any atom is -0.352 e. The molecule has 0 spiro atoms. The highest BCUT2D eigenvalue weighted by Crippen LogP contribution is 2.40. The maximum atomic E-state index is 13.1. The van der Waals surface area contributed by atoms with Gasteiger partial charge in [-0.2, -0.15) is 5.26 Å². The molecule has 0 bridgehead atoms. The summed E-state index contributed by atoms with van der Waals surface area (Å²) in [4.78, 5) is 28.5. The molecule has 1 aromatic heterocycles. The van der Waals surface area contributed by atoms with Gasteiger partial charge in [-0.05, 0) is 63.0 Å². The van der Waals surface area contributed by atoms with E-state index in [1.54, 1.807) is 16.2 Å². The maximum absolute atomic E-state index is 13.1. The minimum absolute atomic E-state index is 0.0105. The third kappa shape index (κ3) is 4.43. The molecule has 2 saturated carbocycles.